The van der Waals surface area contributed by atoms with Crippen molar-refractivity contribution in [2.24, 2.45) is 16.1 Å². The fourth-order valence-electron chi connectivity index (χ4n) is 5.63. The van der Waals surface area contributed by atoms with Crippen molar-refractivity contribution < 1.29 is 9.57 Å². The van der Waals surface area contributed by atoms with Gasteiger partial charge in [-0.2, -0.15) is 5.26 Å². The topological polar surface area (TPSA) is 83.9 Å². The normalized spacial score (nSPS) is 29.3. The highest BCUT2D eigenvalue weighted by molar-refractivity contribution is 5.79. The molecule has 1 heterocycles. The van der Waals surface area contributed by atoms with Crippen LogP contribution in [0.3, 0.4) is 0 Å². The largest absolute Gasteiger partial charge is 0.381 e. The molecule has 160 valence electrons. The van der Waals surface area contributed by atoms with E-state index in [4.69, 9.17) is 20.3 Å². The van der Waals surface area contributed by atoms with Crippen molar-refractivity contribution in [3.05, 3.63) is 58.7 Å². The van der Waals surface area contributed by atoms with Crippen LogP contribution in [-0.2, 0) is 21.7 Å². The molecule has 1 atom stereocenters. The van der Waals surface area contributed by atoms with E-state index in [1.54, 1.807) is 12.2 Å². The van der Waals surface area contributed by atoms with Gasteiger partial charge in [0, 0.05) is 25.1 Å². The molecule has 0 radical (unpaired) electrons. The van der Waals surface area contributed by atoms with Gasteiger partial charge in [-0.05, 0) is 73.4 Å². The second-order valence-electron chi connectivity index (χ2n) is 9.11. The van der Waals surface area contributed by atoms with Gasteiger partial charge in [-0.3, -0.25) is 0 Å². The standard InChI is InChI=1S/C25H28N4O2/c1-16-4-5-17(12-20(16)15-26)18-6-7-19-14-24(10-8-21(30-3)9-11-24)25(22(19)13-18)28-23(27)29(2)31-25/h4-7,12-13,21H,8-11,14H2,1-3H3,(H2,27,28). The highest BCUT2D eigenvalue weighted by Crippen LogP contribution is 2.62. The van der Waals surface area contributed by atoms with Gasteiger partial charge < -0.3 is 10.5 Å². The van der Waals surface area contributed by atoms with Crippen molar-refractivity contribution in [2.45, 2.75) is 50.9 Å². The Morgan fingerprint density at radius 2 is 1.90 bits per heavy atom. The summed E-state index contributed by atoms with van der Waals surface area (Å²) >= 11 is 0. The smallest absolute Gasteiger partial charge is 0.220 e. The second-order valence-corrected chi connectivity index (χ2v) is 9.11. The summed E-state index contributed by atoms with van der Waals surface area (Å²) < 4.78 is 5.63. The van der Waals surface area contributed by atoms with Gasteiger partial charge >= 0.3 is 0 Å². The molecule has 2 N–H and O–H groups in total. The van der Waals surface area contributed by atoms with Gasteiger partial charge in [0.1, 0.15) is 0 Å². The Bertz CT molecular complexity index is 1110. The molecule has 1 fully saturated rings. The van der Waals surface area contributed by atoms with Crippen LogP contribution in [0.5, 0.6) is 0 Å². The number of ether oxygens (including phenoxy) is 1. The molecular weight excluding hydrogens is 388 g/mol. The minimum absolute atomic E-state index is 0.135. The molecule has 0 bridgehead atoms. The molecule has 2 aromatic carbocycles. The molecule has 1 saturated carbocycles. The number of nitrogens with zero attached hydrogens (tertiary/aromatic N) is 3. The van der Waals surface area contributed by atoms with Crippen molar-refractivity contribution in [3.8, 4) is 17.2 Å². The number of fused-ring (bicyclic) bond motifs is 3. The average molecular weight is 417 g/mol. The summed E-state index contributed by atoms with van der Waals surface area (Å²) in [4.78, 5) is 11.4. The fraction of sp³-hybridized carbons (Fsp3) is 0.440. The van der Waals surface area contributed by atoms with Crippen molar-refractivity contribution in [3.63, 3.8) is 0 Å². The van der Waals surface area contributed by atoms with Crippen LogP contribution < -0.4 is 5.73 Å². The number of aliphatic imine (C=N–C) groups is 1. The van der Waals surface area contributed by atoms with E-state index in [-0.39, 0.29) is 5.41 Å². The third-order valence-corrected chi connectivity index (χ3v) is 7.50. The molecule has 0 aromatic heterocycles. The Kier molecular flexibility index (Phi) is 4.58. The van der Waals surface area contributed by atoms with E-state index in [1.165, 1.54) is 5.56 Å². The van der Waals surface area contributed by atoms with Gasteiger partial charge in [0.25, 0.3) is 0 Å². The molecule has 2 aliphatic carbocycles. The first-order valence-electron chi connectivity index (χ1n) is 10.9. The zero-order valence-electron chi connectivity index (χ0n) is 18.3. The van der Waals surface area contributed by atoms with Crippen molar-refractivity contribution in [1.29, 1.82) is 5.26 Å². The van der Waals surface area contributed by atoms with Crippen LogP contribution in [0.4, 0.5) is 0 Å². The number of nitriles is 1. The van der Waals surface area contributed by atoms with Gasteiger partial charge in [-0.25, -0.2) is 14.9 Å². The van der Waals surface area contributed by atoms with Gasteiger partial charge in [0.2, 0.25) is 11.7 Å². The lowest BCUT2D eigenvalue weighted by molar-refractivity contribution is -0.232. The average Bonchev–Trinajstić information content (AvgIpc) is 3.22. The lowest BCUT2D eigenvalue weighted by Gasteiger charge is -2.45. The summed E-state index contributed by atoms with van der Waals surface area (Å²) in [6, 6.07) is 14.8. The fourth-order valence-corrected chi connectivity index (χ4v) is 5.63. The predicted molar refractivity (Wildman–Crippen MR) is 119 cm³/mol. The minimum atomic E-state index is -0.807. The van der Waals surface area contributed by atoms with E-state index >= 15 is 0 Å². The maximum absolute atomic E-state index is 9.46. The second kappa shape index (κ2) is 7.08. The Morgan fingerprint density at radius 3 is 2.55 bits per heavy atom. The van der Waals surface area contributed by atoms with Crippen molar-refractivity contribution >= 4 is 5.96 Å². The van der Waals surface area contributed by atoms with E-state index in [9.17, 15) is 5.26 Å². The van der Waals surface area contributed by atoms with E-state index in [1.807, 2.05) is 26.1 Å². The van der Waals surface area contributed by atoms with Crippen LogP contribution in [0.2, 0.25) is 0 Å². The third kappa shape index (κ3) is 2.88. The molecule has 2 aromatic rings. The molecule has 3 aliphatic rings. The SMILES string of the molecule is COC1CCC2(CC1)Cc1ccc(-c3ccc(C)c(C#N)c3)cc1C21N=C(N)N(C)O1. The zero-order valence-corrected chi connectivity index (χ0v) is 18.3. The van der Waals surface area contributed by atoms with E-state index < -0.39 is 5.72 Å². The van der Waals surface area contributed by atoms with Gasteiger partial charge in [-0.15, -0.1) is 0 Å². The molecule has 6 nitrogen and oxygen atoms in total. The number of benzene rings is 2. The van der Waals surface area contributed by atoms with Crippen LogP contribution >= 0.6 is 0 Å². The zero-order chi connectivity index (χ0) is 21.8. The van der Waals surface area contributed by atoms with Crippen LogP contribution in [0, 0.1) is 23.7 Å². The van der Waals surface area contributed by atoms with Gasteiger partial charge in [0.05, 0.1) is 17.7 Å². The number of guanidine groups is 1. The number of hydrogen-bond donors (Lipinski definition) is 1. The summed E-state index contributed by atoms with van der Waals surface area (Å²) in [5.74, 6) is 0.411. The van der Waals surface area contributed by atoms with Crippen molar-refractivity contribution in [2.75, 3.05) is 14.2 Å². The molecule has 31 heavy (non-hydrogen) atoms. The first kappa shape index (κ1) is 20.0. The highest BCUT2D eigenvalue weighted by atomic mass is 16.7. The van der Waals surface area contributed by atoms with Crippen LogP contribution in [0.15, 0.2) is 41.4 Å². The Labute approximate surface area is 183 Å². The number of hydroxylamine groups is 2. The number of nitrogens with two attached hydrogens (primary N) is 1. The van der Waals surface area contributed by atoms with Crippen molar-refractivity contribution in [1.82, 2.24) is 5.06 Å². The summed E-state index contributed by atoms with van der Waals surface area (Å²) in [6.45, 7) is 1.96. The minimum Gasteiger partial charge on any atom is -0.381 e. The first-order valence-corrected chi connectivity index (χ1v) is 10.9. The Hall–Kier alpha value is -2.88. The lowest BCUT2D eigenvalue weighted by Crippen LogP contribution is -2.46. The monoisotopic (exact) mass is 416 g/mol. The van der Waals surface area contributed by atoms with Gasteiger partial charge in [0.15, 0.2) is 0 Å². The lowest BCUT2D eigenvalue weighted by atomic mass is 9.66. The van der Waals surface area contributed by atoms with Crippen LogP contribution in [0.25, 0.3) is 11.1 Å². The van der Waals surface area contributed by atoms with E-state index in [2.05, 4.69) is 30.3 Å². The number of aryl methyl sites for hydroxylation is 1. The molecule has 2 spiro atoms. The Balaban J connectivity index is 1.62. The Morgan fingerprint density at radius 1 is 1.19 bits per heavy atom. The highest BCUT2D eigenvalue weighted by Gasteiger charge is 2.63. The molecule has 1 aliphatic heterocycles. The number of rotatable bonds is 2. The quantitative estimate of drug-likeness (QED) is 0.800. The molecular formula is C25H28N4O2. The summed E-state index contributed by atoms with van der Waals surface area (Å²) in [5, 5.41) is 11.1. The maximum atomic E-state index is 9.46. The van der Waals surface area contributed by atoms with E-state index in [0.717, 1.165) is 54.4 Å². The molecule has 5 rings (SSSR count). The summed E-state index contributed by atoms with van der Waals surface area (Å²) in [7, 11) is 3.62. The molecule has 0 amide bonds. The predicted octanol–water partition coefficient (Wildman–Crippen LogP) is 4.01. The molecule has 6 heteroatoms. The number of hydrogen-bond acceptors (Lipinski definition) is 6. The van der Waals surface area contributed by atoms with E-state index in [0.29, 0.717) is 17.6 Å². The molecule has 1 unspecified atom stereocenters. The van der Waals surface area contributed by atoms with Crippen LogP contribution in [-0.4, -0.2) is 31.3 Å². The summed E-state index contributed by atoms with van der Waals surface area (Å²) in [5.41, 5.74) is 11.4. The first-order chi connectivity index (χ1) is 14.9. The molecule has 0 saturated heterocycles. The third-order valence-electron chi connectivity index (χ3n) is 7.50. The maximum Gasteiger partial charge on any atom is 0.220 e. The number of methoxy groups -OCH3 is 1. The summed E-state index contributed by atoms with van der Waals surface area (Å²) in [6.07, 6.45) is 5.14. The van der Waals surface area contributed by atoms with Gasteiger partial charge in [-0.1, -0.05) is 24.3 Å². The van der Waals surface area contributed by atoms with Crippen LogP contribution in [0.1, 0.15) is 47.9 Å².